The molecule has 0 saturated heterocycles. The van der Waals surface area contributed by atoms with Gasteiger partial charge in [0.05, 0.1) is 12.3 Å². The van der Waals surface area contributed by atoms with Crippen molar-refractivity contribution in [1.82, 2.24) is 10.2 Å². The summed E-state index contributed by atoms with van der Waals surface area (Å²) in [6, 6.07) is 2.06. The minimum atomic E-state index is 0.327. The molecular weight excluding hydrogens is 166 g/mol. The number of aromatic nitrogens is 2. The normalized spacial score (nSPS) is 9.38. The number of ether oxygens (including phenoxy) is 1. The summed E-state index contributed by atoms with van der Waals surface area (Å²) >= 11 is 0. The van der Waals surface area contributed by atoms with Gasteiger partial charge in [-0.05, 0) is 26.3 Å². The van der Waals surface area contributed by atoms with Crippen molar-refractivity contribution in [1.29, 1.82) is 5.26 Å². The molecule has 1 heterocycles. The van der Waals surface area contributed by atoms with Crippen molar-refractivity contribution < 1.29 is 4.74 Å². The second kappa shape index (κ2) is 3.85. The fraction of sp³-hybridized carbons (Fsp3) is 0.444. The average molecular weight is 177 g/mol. The Hall–Kier alpha value is -1.63. The Balaban J connectivity index is 3.23. The first-order chi connectivity index (χ1) is 6.20. The molecule has 0 aromatic carbocycles. The van der Waals surface area contributed by atoms with E-state index < -0.39 is 0 Å². The molecule has 0 aliphatic rings. The molecule has 0 atom stereocenters. The van der Waals surface area contributed by atoms with Crippen LogP contribution in [0.5, 0.6) is 5.88 Å². The molecule has 13 heavy (non-hydrogen) atoms. The summed E-state index contributed by atoms with van der Waals surface area (Å²) in [4.78, 5) is 0. The second-order valence-corrected chi connectivity index (χ2v) is 2.64. The first-order valence-electron chi connectivity index (χ1n) is 4.07. The third-order valence-electron chi connectivity index (χ3n) is 1.82. The Labute approximate surface area is 77.2 Å². The van der Waals surface area contributed by atoms with Gasteiger partial charge in [0, 0.05) is 0 Å². The highest BCUT2D eigenvalue weighted by Crippen LogP contribution is 2.18. The monoisotopic (exact) mass is 177 g/mol. The van der Waals surface area contributed by atoms with E-state index in [-0.39, 0.29) is 0 Å². The SMILES string of the molecule is CCOc1nnc(C)c(C)c1C#N. The highest BCUT2D eigenvalue weighted by molar-refractivity contribution is 5.44. The molecule has 0 bridgehead atoms. The number of nitriles is 1. The molecule has 0 fully saturated rings. The molecule has 0 aliphatic heterocycles. The van der Waals surface area contributed by atoms with Crippen LogP contribution in [0.15, 0.2) is 0 Å². The Morgan fingerprint density at radius 2 is 2.08 bits per heavy atom. The van der Waals surface area contributed by atoms with Gasteiger partial charge in [-0.15, -0.1) is 5.10 Å². The average Bonchev–Trinajstić information content (AvgIpc) is 2.12. The van der Waals surface area contributed by atoms with E-state index in [1.165, 1.54) is 0 Å². The number of hydrogen-bond acceptors (Lipinski definition) is 4. The summed E-state index contributed by atoms with van der Waals surface area (Å²) in [7, 11) is 0. The number of hydrogen-bond donors (Lipinski definition) is 0. The molecule has 0 saturated carbocycles. The zero-order chi connectivity index (χ0) is 9.84. The van der Waals surface area contributed by atoms with E-state index in [2.05, 4.69) is 16.3 Å². The minimum absolute atomic E-state index is 0.327. The number of rotatable bonds is 2. The van der Waals surface area contributed by atoms with Crippen LogP contribution in [0.4, 0.5) is 0 Å². The van der Waals surface area contributed by atoms with Gasteiger partial charge in [-0.3, -0.25) is 0 Å². The van der Waals surface area contributed by atoms with Crippen LogP contribution in [0.25, 0.3) is 0 Å². The largest absolute Gasteiger partial charge is 0.476 e. The molecule has 0 aliphatic carbocycles. The van der Waals surface area contributed by atoms with Crippen LogP contribution < -0.4 is 4.74 Å². The predicted molar refractivity (Wildman–Crippen MR) is 47.4 cm³/mol. The summed E-state index contributed by atoms with van der Waals surface area (Å²) in [5.74, 6) is 0.327. The maximum absolute atomic E-state index is 8.85. The smallest absolute Gasteiger partial charge is 0.251 e. The first kappa shape index (κ1) is 9.46. The number of nitrogens with zero attached hydrogens (tertiary/aromatic N) is 3. The van der Waals surface area contributed by atoms with Crippen LogP contribution in [0.2, 0.25) is 0 Å². The van der Waals surface area contributed by atoms with Gasteiger partial charge in [0.2, 0.25) is 0 Å². The quantitative estimate of drug-likeness (QED) is 0.684. The third kappa shape index (κ3) is 1.75. The molecule has 4 nitrogen and oxygen atoms in total. The van der Waals surface area contributed by atoms with Gasteiger partial charge >= 0.3 is 0 Å². The Bertz CT molecular complexity index is 355. The maximum atomic E-state index is 8.85. The van der Waals surface area contributed by atoms with Crippen molar-refractivity contribution in [3.05, 3.63) is 16.8 Å². The molecule has 1 aromatic heterocycles. The summed E-state index contributed by atoms with van der Waals surface area (Å²) in [5, 5.41) is 16.5. The first-order valence-corrected chi connectivity index (χ1v) is 4.07. The van der Waals surface area contributed by atoms with E-state index in [4.69, 9.17) is 10.00 Å². The van der Waals surface area contributed by atoms with Crippen LogP contribution in [0.1, 0.15) is 23.7 Å². The molecule has 1 aromatic rings. The van der Waals surface area contributed by atoms with Crippen LogP contribution >= 0.6 is 0 Å². The summed E-state index contributed by atoms with van der Waals surface area (Å²) in [6.07, 6.45) is 0. The summed E-state index contributed by atoms with van der Waals surface area (Å²) < 4.78 is 5.17. The van der Waals surface area contributed by atoms with Crippen LogP contribution in [0.3, 0.4) is 0 Å². The molecular formula is C9H11N3O. The topological polar surface area (TPSA) is 58.8 Å². The molecule has 0 spiro atoms. The molecule has 0 N–H and O–H groups in total. The zero-order valence-electron chi connectivity index (χ0n) is 7.96. The van der Waals surface area contributed by atoms with Crippen LogP contribution in [-0.2, 0) is 0 Å². The fourth-order valence-corrected chi connectivity index (χ4v) is 0.956. The maximum Gasteiger partial charge on any atom is 0.251 e. The zero-order valence-corrected chi connectivity index (χ0v) is 7.96. The van der Waals surface area contributed by atoms with E-state index in [1.807, 2.05) is 20.8 Å². The molecule has 1 rings (SSSR count). The standard InChI is InChI=1S/C9H11N3O/c1-4-13-9-8(5-10)6(2)7(3)11-12-9/h4H2,1-3H3. The third-order valence-corrected chi connectivity index (χ3v) is 1.82. The summed E-state index contributed by atoms with van der Waals surface area (Å²) in [6.45, 7) is 5.99. The Morgan fingerprint density at radius 1 is 1.38 bits per heavy atom. The van der Waals surface area contributed by atoms with Gasteiger partial charge in [-0.2, -0.15) is 10.4 Å². The number of aryl methyl sites for hydroxylation is 1. The lowest BCUT2D eigenvalue weighted by Crippen LogP contribution is -2.03. The van der Waals surface area contributed by atoms with Crippen molar-refractivity contribution in [2.24, 2.45) is 0 Å². The lowest BCUT2D eigenvalue weighted by atomic mass is 10.1. The molecule has 68 valence electrons. The van der Waals surface area contributed by atoms with Crippen molar-refractivity contribution in [2.75, 3.05) is 6.61 Å². The fourth-order valence-electron chi connectivity index (χ4n) is 0.956. The molecule has 0 radical (unpaired) electrons. The molecule has 0 unspecified atom stereocenters. The van der Waals surface area contributed by atoms with E-state index in [9.17, 15) is 0 Å². The van der Waals surface area contributed by atoms with E-state index >= 15 is 0 Å². The summed E-state index contributed by atoms with van der Waals surface area (Å²) in [5.41, 5.74) is 2.08. The van der Waals surface area contributed by atoms with Gasteiger partial charge in [0.1, 0.15) is 11.6 Å². The van der Waals surface area contributed by atoms with Crippen LogP contribution in [-0.4, -0.2) is 16.8 Å². The molecule has 0 amide bonds. The lowest BCUT2D eigenvalue weighted by molar-refractivity contribution is 0.321. The van der Waals surface area contributed by atoms with Crippen molar-refractivity contribution in [3.8, 4) is 11.9 Å². The van der Waals surface area contributed by atoms with Crippen molar-refractivity contribution in [2.45, 2.75) is 20.8 Å². The van der Waals surface area contributed by atoms with Gasteiger partial charge in [-0.25, -0.2) is 0 Å². The minimum Gasteiger partial charge on any atom is -0.476 e. The highest BCUT2D eigenvalue weighted by atomic mass is 16.5. The van der Waals surface area contributed by atoms with Gasteiger partial charge in [0.15, 0.2) is 0 Å². The van der Waals surface area contributed by atoms with Gasteiger partial charge in [0.25, 0.3) is 5.88 Å². The van der Waals surface area contributed by atoms with E-state index in [0.717, 1.165) is 11.3 Å². The lowest BCUT2D eigenvalue weighted by Gasteiger charge is -2.06. The Kier molecular flexibility index (Phi) is 2.80. The van der Waals surface area contributed by atoms with E-state index in [0.29, 0.717) is 18.1 Å². The van der Waals surface area contributed by atoms with Crippen molar-refractivity contribution in [3.63, 3.8) is 0 Å². The highest BCUT2D eigenvalue weighted by Gasteiger charge is 2.10. The van der Waals surface area contributed by atoms with E-state index in [1.54, 1.807) is 0 Å². The van der Waals surface area contributed by atoms with Gasteiger partial charge < -0.3 is 4.74 Å². The molecule has 4 heteroatoms. The van der Waals surface area contributed by atoms with Gasteiger partial charge in [-0.1, -0.05) is 0 Å². The Morgan fingerprint density at radius 3 is 2.62 bits per heavy atom. The predicted octanol–water partition coefficient (Wildman–Crippen LogP) is 1.36. The van der Waals surface area contributed by atoms with Crippen LogP contribution in [0, 0.1) is 25.2 Å². The van der Waals surface area contributed by atoms with Crippen molar-refractivity contribution >= 4 is 0 Å². The second-order valence-electron chi connectivity index (χ2n) is 2.64.